The van der Waals surface area contributed by atoms with Crippen LogP contribution in [0.2, 0.25) is 0 Å². The zero-order valence-corrected chi connectivity index (χ0v) is 11.8. The first kappa shape index (κ1) is 15.0. The van der Waals surface area contributed by atoms with Crippen molar-refractivity contribution in [3.05, 3.63) is 52.2 Å². The molecule has 2 rings (SSSR count). The molecule has 0 aromatic carbocycles. The molecule has 106 valence electrons. The summed E-state index contributed by atoms with van der Waals surface area (Å²) in [7, 11) is 0. The number of hydrogen-bond acceptors (Lipinski definition) is 5. The monoisotopic (exact) mass is 302 g/mol. The molecule has 6 heteroatoms. The highest BCUT2D eigenvalue weighted by Crippen LogP contribution is 2.18. The van der Waals surface area contributed by atoms with Crippen LogP contribution in [0.3, 0.4) is 0 Å². The van der Waals surface area contributed by atoms with Crippen molar-refractivity contribution in [1.82, 2.24) is 4.98 Å². The Balaban J connectivity index is 1.99. The van der Waals surface area contributed by atoms with E-state index in [0.717, 1.165) is 12.3 Å². The number of hydrogen-bond donors (Lipinski definition) is 0. The molecule has 0 bridgehead atoms. The summed E-state index contributed by atoms with van der Waals surface area (Å²) in [4.78, 5) is 28.2. The van der Waals surface area contributed by atoms with Gasteiger partial charge < -0.3 is 0 Å². The first-order valence-electron chi connectivity index (χ1n) is 6.22. The standard InChI is InChI=1S/C15H11FN2O2S/c16-10-3-4-12(18-9-10)11(8-17)13(19)5-6-14(20)15-2-1-7-21-15/h1-4,7,9,11H,5-6H2. The minimum Gasteiger partial charge on any atom is -0.298 e. The lowest BCUT2D eigenvalue weighted by Crippen LogP contribution is -2.14. The molecule has 0 spiro atoms. The Morgan fingerprint density at radius 1 is 1.33 bits per heavy atom. The van der Waals surface area contributed by atoms with Gasteiger partial charge in [-0.1, -0.05) is 6.07 Å². The van der Waals surface area contributed by atoms with Gasteiger partial charge in [0.05, 0.1) is 22.8 Å². The summed E-state index contributed by atoms with van der Waals surface area (Å²) in [6.07, 6.45) is 0.983. The Labute approximate surface area is 124 Å². The maximum Gasteiger partial charge on any atom is 0.173 e. The van der Waals surface area contributed by atoms with Gasteiger partial charge >= 0.3 is 0 Å². The van der Waals surface area contributed by atoms with Crippen molar-refractivity contribution < 1.29 is 14.0 Å². The van der Waals surface area contributed by atoms with Gasteiger partial charge in [-0.3, -0.25) is 14.6 Å². The van der Waals surface area contributed by atoms with Gasteiger partial charge in [-0.2, -0.15) is 5.26 Å². The second-order valence-corrected chi connectivity index (χ2v) is 5.28. The van der Waals surface area contributed by atoms with E-state index in [1.165, 1.54) is 17.4 Å². The van der Waals surface area contributed by atoms with E-state index in [-0.39, 0.29) is 30.1 Å². The molecule has 0 amide bonds. The summed E-state index contributed by atoms with van der Waals surface area (Å²) in [5.74, 6) is -2.11. The van der Waals surface area contributed by atoms with Gasteiger partial charge in [-0.05, 0) is 23.6 Å². The summed E-state index contributed by atoms with van der Waals surface area (Å²) in [6.45, 7) is 0. The van der Waals surface area contributed by atoms with Crippen molar-refractivity contribution >= 4 is 22.9 Å². The van der Waals surface area contributed by atoms with Crippen LogP contribution < -0.4 is 0 Å². The van der Waals surface area contributed by atoms with Crippen LogP contribution in [0.15, 0.2) is 35.8 Å². The normalized spacial score (nSPS) is 11.6. The number of nitrogens with zero attached hydrogens (tertiary/aromatic N) is 2. The van der Waals surface area contributed by atoms with Gasteiger partial charge in [-0.15, -0.1) is 11.3 Å². The first-order chi connectivity index (χ1) is 10.1. The van der Waals surface area contributed by atoms with Crippen molar-refractivity contribution in [3.63, 3.8) is 0 Å². The number of thiophene rings is 1. The number of carbonyl (C=O) groups excluding carboxylic acids is 2. The third kappa shape index (κ3) is 3.80. The maximum atomic E-state index is 12.8. The fourth-order valence-electron chi connectivity index (χ4n) is 1.80. The van der Waals surface area contributed by atoms with E-state index in [0.29, 0.717) is 4.88 Å². The van der Waals surface area contributed by atoms with Gasteiger partial charge in [0.15, 0.2) is 11.6 Å². The molecular formula is C15H11FN2O2S. The summed E-state index contributed by atoms with van der Waals surface area (Å²) < 4.78 is 12.8. The van der Waals surface area contributed by atoms with Gasteiger partial charge in [0.25, 0.3) is 0 Å². The SMILES string of the molecule is N#CC(C(=O)CCC(=O)c1cccs1)c1ccc(F)cn1. The Bertz CT molecular complexity index is 675. The fourth-order valence-corrected chi connectivity index (χ4v) is 2.50. The van der Waals surface area contributed by atoms with Crippen LogP contribution in [0, 0.1) is 17.1 Å². The molecule has 0 saturated carbocycles. The van der Waals surface area contributed by atoms with Crippen molar-refractivity contribution in [3.8, 4) is 6.07 Å². The van der Waals surface area contributed by atoms with Crippen LogP contribution in [0.1, 0.15) is 34.1 Å². The minimum absolute atomic E-state index is 0.0337. The quantitative estimate of drug-likeness (QED) is 0.769. The van der Waals surface area contributed by atoms with E-state index in [1.807, 2.05) is 6.07 Å². The van der Waals surface area contributed by atoms with Crippen molar-refractivity contribution in [1.29, 1.82) is 5.26 Å². The molecule has 4 nitrogen and oxygen atoms in total. The van der Waals surface area contributed by atoms with E-state index in [4.69, 9.17) is 5.26 Å². The topological polar surface area (TPSA) is 70.8 Å². The summed E-state index contributed by atoms with van der Waals surface area (Å²) >= 11 is 1.31. The molecule has 2 aromatic rings. The van der Waals surface area contributed by atoms with E-state index >= 15 is 0 Å². The zero-order valence-electron chi connectivity index (χ0n) is 11.0. The predicted molar refractivity (Wildman–Crippen MR) is 75.4 cm³/mol. The number of rotatable bonds is 6. The number of halogens is 1. The van der Waals surface area contributed by atoms with Crippen LogP contribution in [0.4, 0.5) is 4.39 Å². The van der Waals surface area contributed by atoms with Crippen molar-refractivity contribution in [2.75, 3.05) is 0 Å². The van der Waals surface area contributed by atoms with Crippen LogP contribution in [-0.2, 0) is 4.79 Å². The second kappa shape index (κ2) is 6.86. The average Bonchev–Trinajstić information content (AvgIpc) is 3.02. The fraction of sp³-hybridized carbons (Fsp3) is 0.200. The maximum absolute atomic E-state index is 12.8. The Hall–Kier alpha value is -2.39. The second-order valence-electron chi connectivity index (χ2n) is 4.33. The Morgan fingerprint density at radius 3 is 2.71 bits per heavy atom. The molecule has 0 aliphatic rings. The molecule has 1 atom stereocenters. The van der Waals surface area contributed by atoms with Crippen LogP contribution in [-0.4, -0.2) is 16.6 Å². The third-order valence-electron chi connectivity index (χ3n) is 2.89. The number of nitriles is 1. The smallest absolute Gasteiger partial charge is 0.173 e. The number of carbonyl (C=O) groups is 2. The lowest BCUT2D eigenvalue weighted by molar-refractivity contribution is -0.119. The molecule has 0 N–H and O–H groups in total. The number of pyridine rings is 1. The number of aromatic nitrogens is 1. The molecule has 0 fully saturated rings. The molecule has 0 aliphatic heterocycles. The molecule has 21 heavy (non-hydrogen) atoms. The van der Waals surface area contributed by atoms with E-state index in [1.54, 1.807) is 17.5 Å². The predicted octanol–water partition coefficient (Wildman–Crippen LogP) is 3.12. The zero-order chi connectivity index (χ0) is 15.2. The molecule has 0 saturated heterocycles. The highest BCUT2D eigenvalue weighted by molar-refractivity contribution is 7.12. The molecule has 2 aromatic heterocycles. The lowest BCUT2D eigenvalue weighted by Gasteiger charge is -2.07. The summed E-state index contributed by atoms with van der Waals surface area (Å²) in [5.41, 5.74) is 0.201. The molecule has 0 radical (unpaired) electrons. The van der Waals surface area contributed by atoms with Crippen LogP contribution in [0.5, 0.6) is 0 Å². The third-order valence-corrected chi connectivity index (χ3v) is 3.80. The Kier molecular flexibility index (Phi) is 4.90. The van der Waals surface area contributed by atoms with E-state index in [2.05, 4.69) is 4.98 Å². The highest BCUT2D eigenvalue weighted by Gasteiger charge is 2.22. The molecule has 0 aliphatic carbocycles. The van der Waals surface area contributed by atoms with Gasteiger partial charge in [0.2, 0.25) is 0 Å². The van der Waals surface area contributed by atoms with Crippen LogP contribution in [0.25, 0.3) is 0 Å². The van der Waals surface area contributed by atoms with E-state index in [9.17, 15) is 14.0 Å². The van der Waals surface area contributed by atoms with Gasteiger partial charge in [0.1, 0.15) is 11.7 Å². The lowest BCUT2D eigenvalue weighted by atomic mass is 9.96. The largest absolute Gasteiger partial charge is 0.298 e. The van der Waals surface area contributed by atoms with Gasteiger partial charge in [0, 0.05) is 12.8 Å². The Morgan fingerprint density at radius 2 is 2.14 bits per heavy atom. The molecule has 1 unspecified atom stereocenters. The van der Waals surface area contributed by atoms with Crippen LogP contribution >= 0.6 is 11.3 Å². The van der Waals surface area contributed by atoms with Gasteiger partial charge in [-0.25, -0.2) is 4.39 Å². The van der Waals surface area contributed by atoms with E-state index < -0.39 is 11.7 Å². The minimum atomic E-state index is -1.07. The highest BCUT2D eigenvalue weighted by atomic mass is 32.1. The molecule has 2 heterocycles. The number of ketones is 2. The summed E-state index contributed by atoms with van der Waals surface area (Å²) in [5, 5.41) is 10.9. The summed E-state index contributed by atoms with van der Waals surface area (Å²) in [6, 6.07) is 7.77. The number of Topliss-reactive ketones (excluding diaryl/α,β-unsaturated/α-hetero) is 2. The average molecular weight is 302 g/mol. The first-order valence-corrected chi connectivity index (χ1v) is 7.10. The molecular weight excluding hydrogens is 291 g/mol. The van der Waals surface area contributed by atoms with Crippen molar-refractivity contribution in [2.24, 2.45) is 0 Å². The van der Waals surface area contributed by atoms with Crippen molar-refractivity contribution in [2.45, 2.75) is 18.8 Å².